The van der Waals surface area contributed by atoms with Gasteiger partial charge < -0.3 is 0 Å². The lowest BCUT2D eigenvalue weighted by atomic mass is 9.98. The van der Waals surface area contributed by atoms with Crippen LogP contribution in [0.1, 0.15) is 248 Å². The number of unbranched alkanes of at least 4 members (excludes halogenated alkanes) is 25. The molecular formula is C84H116N8O4S10. The van der Waals surface area contributed by atoms with Crippen LogP contribution in [0, 0.1) is 97.2 Å². The van der Waals surface area contributed by atoms with Gasteiger partial charge in [-0.05, 0) is 177 Å². The van der Waals surface area contributed by atoms with E-state index in [1.807, 2.05) is 11.3 Å². The Balaban J connectivity index is 0. The molecular weight excluding hydrogens is 1510 g/mol. The minimum absolute atomic E-state index is 0. The Morgan fingerprint density at radius 1 is 0.396 bits per heavy atom. The van der Waals surface area contributed by atoms with E-state index in [0.717, 1.165) is 184 Å². The molecule has 0 amide bonds. The number of nitrogens with zero attached hydrogens (tertiary/aromatic N) is 6. The number of nitrogens with one attached hydrogen (secondary N) is 2. The zero-order chi connectivity index (χ0) is 74.4. The van der Waals surface area contributed by atoms with Crippen molar-refractivity contribution in [2.75, 3.05) is 24.6 Å². The van der Waals surface area contributed by atoms with E-state index < -0.39 is 20.0 Å². The van der Waals surface area contributed by atoms with Crippen molar-refractivity contribution in [1.29, 1.82) is 0 Å². The van der Waals surface area contributed by atoms with Gasteiger partial charge in [0, 0.05) is 85.5 Å². The summed E-state index contributed by atoms with van der Waals surface area (Å²) in [5.41, 5.74) is 8.61. The summed E-state index contributed by atoms with van der Waals surface area (Å²) in [5, 5.41) is 3.53. The van der Waals surface area contributed by atoms with Gasteiger partial charge in [-0.2, -0.15) is 17.5 Å². The van der Waals surface area contributed by atoms with Crippen molar-refractivity contribution in [2.45, 2.75) is 234 Å². The Morgan fingerprint density at radius 2 is 0.802 bits per heavy atom. The van der Waals surface area contributed by atoms with E-state index >= 15 is 0 Å². The summed E-state index contributed by atoms with van der Waals surface area (Å²) in [6.45, 7) is 11.8. The highest BCUT2D eigenvalue weighted by Crippen LogP contribution is 2.50. The topological polar surface area (TPSA) is 170 Å². The molecule has 0 atom stereocenters. The summed E-state index contributed by atoms with van der Waals surface area (Å²) < 4.78 is 80.3. The maximum Gasteiger partial charge on any atom is 0.211 e. The van der Waals surface area contributed by atoms with Gasteiger partial charge in [-0.15, -0.1) is 51.8 Å². The third-order valence-electron chi connectivity index (χ3n) is 18.7. The van der Waals surface area contributed by atoms with Crippen LogP contribution in [-0.2, 0) is 39.3 Å². The van der Waals surface area contributed by atoms with E-state index in [0.29, 0.717) is 19.5 Å². The molecule has 576 valence electrons. The van der Waals surface area contributed by atoms with Gasteiger partial charge in [0.1, 0.15) is 32.1 Å². The summed E-state index contributed by atoms with van der Waals surface area (Å²) in [6.07, 6.45) is 40.8. The Labute approximate surface area is 678 Å². The third kappa shape index (κ3) is 24.2. The van der Waals surface area contributed by atoms with E-state index in [-0.39, 0.29) is 33.6 Å². The molecule has 0 aliphatic rings. The summed E-state index contributed by atoms with van der Waals surface area (Å²) in [7, 11) is -7.15. The quantitative estimate of drug-likeness (QED) is 0.0277. The van der Waals surface area contributed by atoms with Gasteiger partial charge in [0.25, 0.3) is 0 Å². The lowest BCUT2D eigenvalue weighted by Gasteiger charge is -2.08. The molecule has 8 aromatic heterocycles. The molecule has 0 saturated heterocycles. The fourth-order valence-corrected chi connectivity index (χ4v) is 23.2. The molecule has 8 heterocycles. The van der Waals surface area contributed by atoms with Crippen LogP contribution in [0.3, 0.4) is 0 Å². The van der Waals surface area contributed by atoms with Crippen LogP contribution < -0.4 is 9.44 Å². The first kappa shape index (κ1) is 81.9. The van der Waals surface area contributed by atoms with Gasteiger partial charge in [-0.3, -0.25) is 0 Å². The molecule has 0 saturated carbocycles. The molecule has 0 aliphatic heterocycles. The number of thiazole rings is 2. The molecule has 12 nitrogen and oxygen atoms in total. The predicted octanol–water partition coefficient (Wildman–Crippen LogP) is 25.3. The molecule has 0 unspecified atom stereocenters. The first-order chi connectivity index (χ1) is 51.8. The fraction of sp³-hybridized carbons (Fsp3) is 0.476. The molecule has 106 heavy (non-hydrogen) atoms. The number of aryl methyl sites for hydroxylation is 5. The van der Waals surface area contributed by atoms with Crippen molar-refractivity contribution in [3.05, 3.63) is 68.4 Å². The molecule has 10 aromatic rings. The van der Waals surface area contributed by atoms with E-state index in [2.05, 4.69) is 157 Å². The number of hydrogen-bond acceptors (Lipinski definition) is 18. The molecule has 0 radical (unpaired) electrons. The summed E-state index contributed by atoms with van der Waals surface area (Å²) in [6, 6.07) is 12.9. The van der Waals surface area contributed by atoms with Gasteiger partial charge >= 0.3 is 0 Å². The zero-order valence-corrected chi connectivity index (χ0v) is 69.9. The van der Waals surface area contributed by atoms with Crippen molar-refractivity contribution in [1.82, 2.24) is 36.9 Å². The standard InChI is InChI=1S/C84H94N8O4S10.11H2/c1-7-11-15-19-23-27-29-31-33-35-39-43-47-64-55-61(5)97-79(64)81-87-83-84(101-81)88-82(102-83)80-65(48-44-40-36-34-32-30-28-24-20-16-12-8-2)58-73(100-80)78-66(50-54-106(95,96)86-52-46-42-38-26-22-18-14-10-4)57-72(99-78)70-60-68-67(75-77(70)92-104-90-75)59-69(76-74(68)89-103-91-76)71-56-63(62(6)98-71)49-53-105(93,94)85-51-45-41-37-25-21-17-13-9-3;;;;;;;;;;;/h2,55-60,85-86H,7,9-11,13-15,17-19,21-23,25-27,29,31,33,35,37-39,41-43,45-47,49-54H2,1,3-6H3;11*1H. The number of aromatic nitrogens is 6. The maximum atomic E-state index is 14.1. The van der Waals surface area contributed by atoms with Gasteiger partial charge in [-0.25, -0.2) is 36.2 Å². The summed E-state index contributed by atoms with van der Waals surface area (Å²) in [5.74, 6) is 35.1. The van der Waals surface area contributed by atoms with Gasteiger partial charge in [0.05, 0.1) is 44.7 Å². The lowest BCUT2D eigenvalue weighted by Crippen LogP contribution is -2.28. The van der Waals surface area contributed by atoms with Crippen LogP contribution in [0.5, 0.6) is 0 Å². The largest absolute Gasteiger partial charge is 0.222 e. The summed E-state index contributed by atoms with van der Waals surface area (Å²) in [4.78, 5) is 20.4. The number of fused-ring (bicyclic) bond motifs is 6. The smallest absolute Gasteiger partial charge is 0.211 e. The van der Waals surface area contributed by atoms with E-state index in [9.17, 15) is 16.8 Å². The maximum absolute atomic E-state index is 14.1. The van der Waals surface area contributed by atoms with Crippen LogP contribution in [0.15, 0.2) is 36.4 Å². The van der Waals surface area contributed by atoms with Crippen LogP contribution in [-0.4, -0.2) is 68.9 Å². The third-order valence-corrected chi connectivity index (χ3v) is 29.6. The molecule has 0 bridgehead atoms. The molecule has 0 fully saturated rings. The highest BCUT2D eigenvalue weighted by atomic mass is 32.2. The van der Waals surface area contributed by atoms with Crippen molar-refractivity contribution in [3.63, 3.8) is 0 Å². The Morgan fingerprint density at radius 3 is 1.30 bits per heavy atom. The van der Waals surface area contributed by atoms with Crippen LogP contribution in [0.2, 0.25) is 0 Å². The molecule has 0 spiro atoms. The van der Waals surface area contributed by atoms with Crippen molar-refractivity contribution in [3.8, 4) is 134 Å². The molecule has 2 aromatic carbocycles. The van der Waals surface area contributed by atoms with Crippen molar-refractivity contribution in [2.24, 2.45) is 0 Å². The Kier molecular flexibility index (Phi) is 33.2. The highest BCUT2D eigenvalue weighted by molar-refractivity contribution is 7.89. The first-order valence-corrected chi connectivity index (χ1v) is 47.4. The monoisotopic (exact) mass is 1620 g/mol. The number of sulfonamides is 2. The average molecular weight is 1620 g/mol. The zero-order valence-electron chi connectivity index (χ0n) is 61.7. The van der Waals surface area contributed by atoms with Gasteiger partial charge in [-0.1, -0.05) is 210 Å². The molecule has 0 aliphatic carbocycles. The van der Waals surface area contributed by atoms with Crippen molar-refractivity contribution >= 4 is 154 Å². The number of hydrogen-bond donors (Lipinski definition) is 2. The number of terminal acetylenes is 1. The van der Waals surface area contributed by atoms with Crippen molar-refractivity contribution < 1.29 is 32.5 Å². The first-order valence-electron chi connectivity index (χ1n) is 37.8. The minimum atomic E-state index is -3.68. The predicted molar refractivity (Wildman–Crippen MR) is 482 cm³/mol. The van der Waals surface area contributed by atoms with Gasteiger partial charge in [0.15, 0.2) is 9.66 Å². The highest BCUT2D eigenvalue weighted by Gasteiger charge is 2.27. The van der Waals surface area contributed by atoms with Gasteiger partial charge in [0.2, 0.25) is 20.0 Å². The molecule has 10 rings (SSSR count). The average Bonchev–Trinajstić information content (AvgIpc) is 1.62. The van der Waals surface area contributed by atoms with Crippen LogP contribution in [0.4, 0.5) is 0 Å². The van der Waals surface area contributed by atoms with E-state index in [1.165, 1.54) is 150 Å². The number of rotatable bonds is 44. The fourth-order valence-electron chi connectivity index (χ4n) is 13.0. The molecule has 2 N–H and O–H groups in total. The van der Waals surface area contributed by atoms with E-state index in [1.54, 1.807) is 56.7 Å². The minimum Gasteiger partial charge on any atom is -0.222 e. The molecule has 22 heteroatoms. The second-order valence-corrected chi connectivity index (χ2v) is 38.4. The number of benzene rings is 2. The second kappa shape index (κ2) is 43.0. The normalized spacial score (nSPS) is 11.4. The Bertz CT molecular complexity index is 5310. The van der Waals surface area contributed by atoms with Crippen LogP contribution >= 0.6 is 91.5 Å². The van der Waals surface area contributed by atoms with E-state index in [4.69, 9.17) is 33.9 Å². The number of thiophene rings is 4. The van der Waals surface area contributed by atoms with Crippen LogP contribution in [0.25, 0.3) is 92.9 Å². The SMILES string of the molecule is C#CC#CC#CC#CC#CC#CC#Cc1cc(-c2sc(-c3cc4c(cc(-c5cc(CCS(=O)(=O)NCCCCCCCCCC)c(C)s5)c5nsnc54)c4nsnc34)cc2CCS(=O)(=O)NCCCCCCCCCC)sc1-c1nc2sc(-c3sc(C)cc3CCCCCCCCCCCCCC)nc2s1.[HH].[HH].[HH].[HH].[HH].[HH].[HH].[HH].[HH].[HH].[HH]. The lowest BCUT2D eigenvalue weighted by molar-refractivity contribution is 0.544. The summed E-state index contributed by atoms with van der Waals surface area (Å²) >= 11 is 12.1. The second-order valence-electron chi connectivity index (χ2n) is 26.9. The Hall–Kier alpha value is -6.60.